The lowest BCUT2D eigenvalue weighted by Crippen LogP contribution is -2.39. The molecule has 5 nitrogen and oxygen atoms in total. The van der Waals surface area contributed by atoms with Gasteiger partial charge in [-0.3, -0.25) is 4.79 Å². The van der Waals surface area contributed by atoms with Gasteiger partial charge in [-0.15, -0.1) is 0 Å². The number of carbonyl (C=O) groups excluding carboxylic acids is 1. The molecule has 1 aliphatic rings. The summed E-state index contributed by atoms with van der Waals surface area (Å²) in [4.78, 5) is 12.6. The smallest absolute Gasteiger partial charge is 0.182 e. The number of Topliss-reactive ketones (excluding diaryl/α,β-unsaturated/α-hetero) is 1. The highest BCUT2D eigenvalue weighted by Gasteiger charge is 2.50. The van der Waals surface area contributed by atoms with E-state index in [9.17, 15) is 15.3 Å². The first-order valence-electron chi connectivity index (χ1n) is 8.30. The van der Waals surface area contributed by atoms with Gasteiger partial charge in [-0.05, 0) is 12.8 Å². The van der Waals surface area contributed by atoms with Crippen molar-refractivity contribution in [2.24, 2.45) is 17.3 Å². The zero-order valence-electron chi connectivity index (χ0n) is 13.4. The van der Waals surface area contributed by atoms with Crippen molar-refractivity contribution in [1.29, 1.82) is 21.0 Å². The van der Waals surface area contributed by atoms with Gasteiger partial charge in [-0.1, -0.05) is 44.9 Å². The van der Waals surface area contributed by atoms with Gasteiger partial charge < -0.3 is 0 Å². The first kappa shape index (κ1) is 18.7. The SMILES string of the molecule is N#CC(C#N)C(C#N)(C#N)C1CCCCCCCCCCC1=O. The van der Waals surface area contributed by atoms with Crippen molar-refractivity contribution in [3.63, 3.8) is 0 Å². The Hall–Kier alpha value is -2.37. The lowest BCUT2D eigenvalue weighted by atomic mass is 9.65. The lowest BCUT2D eigenvalue weighted by Gasteiger charge is -2.29. The van der Waals surface area contributed by atoms with Gasteiger partial charge in [0, 0.05) is 6.42 Å². The Morgan fingerprint density at radius 1 is 0.826 bits per heavy atom. The number of nitriles is 4. The quantitative estimate of drug-likeness (QED) is 0.770. The summed E-state index contributed by atoms with van der Waals surface area (Å²) < 4.78 is 0. The molecule has 0 aromatic carbocycles. The Morgan fingerprint density at radius 2 is 1.30 bits per heavy atom. The van der Waals surface area contributed by atoms with E-state index in [1.54, 1.807) is 12.1 Å². The molecule has 1 aliphatic carbocycles. The van der Waals surface area contributed by atoms with Crippen LogP contribution in [0.15, 0.2) is 0 Å². The second-order valence-electron chi connectivity index (χ2n) is 6.17. The van der Waals surface area contributed by atoms with Gasteiger partial charge in [0.2, 0.25) is 0 Å². The first-order valence-corrected chi connectivity index (χ1v) is 8.30. The maximum Gasteiger partial charge on any atom is 0.182 e. The molecule has 0 aromatic heterocycles. The fourth-order valence-electron chi connectivity index (χ4n) is 3.27. The fraction of sp³-hybridized carbons (Fsp3) is 0.722. The number of ketones is 1. The summed E-state index contributed by atoms with van der Waals surface area (Å²) in [5.74, 6) is -2.40. The predicted molar refractivity (Wildman–Crippen MR) is 83.0 cm³/mol. The molecule has 0 amide bonds. The molecule has 120 valence electrons. The van der Waals surface area contributed by atoms with Gasteiger partial charge in [-0.2, -0.15) is 21.0 Å². The third kappa shape index (κ3) is 4.55. The third-order valence-corrected chi connectivity index (χ3v) is 4.69. The van der Waals surface area contributed by atoms with E-state index in [1.807, 2.05) is 12.1 Å². The largest absolute Gasteiger partial charge is 0.299 e. The van der Waals surface area contributed by atoms with E-state index in [1.165, 1.54) is 12.8 Å². The maximum absolute atomic E-state index is 12.6. The second kappa shape index (κ2) is 9.61. The molecular weight excluding hydrogens is 288 g/mol. The van der Waals surface area contributed by atoms with Crippen LogP contribution in [0.3, 0.4) is 0 Å². The molecule has 23 heavy (non-hydrogen) atoms. The normalized spacial score (nSPS) is 20.9. The van der Waals surface area contributed by atoms with E-state index in [0.717, 1.165) is 38.5 Å². The molecule has 1 fully saturated rings. The first-order chi connectivity index (χ1) is 11.2. The zero-order valence-corrected chi connectivity index (χ0v) is 13.4. The Balaban J connectivity index is 3.10. The van der Waals surface area contributed by atoms with Crippen LogP contribution in [0.2, 0.25) is 0 Å². The minimum Gasteiger partial charge on any atom is -0.299 e. The number of hydrogen-bond donors (Lipinski definition) is 0. The molecule has 1 unspecified atom stereocenters. The van der Waals surface area contributed by atoms with Gasteiger partial charge in [0.1, 0.15) is 5.78 Å². The van der Waals surface area contributed by atoms with Crippen LogP contribution in [0.5, 0.6) is 0 Å². The van der Waals surface area contributed by atoms with Crippen LogP contribution in [0.4, 0.5) is 0 Å². The molecule has 0 saturated heterocycles. The summed E-state index contributed by atoms with van der Waals surface area (Å²) in [6.07, 6.45) is 8.63. The molecule has 1 rings (SSSR count). The Bertz CT molecular complexity index is 542. The maximum atomic E-state index is 12.6. The molecule has 1 saturated carbocycles. The summed E-state index contributed by atoms with van der Waals surface area (Å²) >= 11 is 0. The number of carbonyl (C=O) groups is 1. The van der Waals surface area contributed by atoms with Crippen LogP contribution in [0.25, 0.3) is 0 Å². The van der Waals surface area contributed by atoms with Crippen molar-refractivity contribution in [2.75, 3.05) is 0 Å². The van der Waals surface area contributed by atoms with E-state index in [0.29, 0.717) is 12.8 Å². The van der Waals surface area contributed by atoms with Crippen LogP contribution in [-0.4, -0.2) is 5.78 Å². The minimum absolute atomic E-state index is 0.149. The molecule has 0 heterocycles. The van der Waals surface area contributed by atoms with Crippen molar-refractivity contribution in [2.45, 2.75) is 64.2 Å². The van der Waals surface area contributed by atoms with Crippen molar-refractivity contribution < 1.29 is 4.79 Å². The Kier molecular flexibility index (Phi) is 7.80. The highest BCUT2D eigenvalue weighted by Crippen LogP contribution is 2.39. The van der Waals surface area contributed by atoms with Crippen LogP contribution < -0.4 is 0 Å². The molecule has 0 radical (unpaired) electrons. The van der Waals surface area contributed by atoms with Crippen LogP contribution in [0.1, 0.15) is 64.2 Å². The van der Waals surface area contributed by atoms with E-state index < -0.39 is 17.3 Å². The molecule has 0 aromatic rings. The highest BCUT2D eigenvalue weighted by atomic mass is 16.1. The molecule has 0 N–H and O–H groups in total. The minimum atomic E-state index is -1.86. The summed E-state index contributed by atoms with van der Waals surface area (Å²) in [7, 11) is 0. The Labute approximate surface area is 138 Å². The lowest BCUT2D eigenvalue weighted by molar-refractivity contribution is -0.125. The third-order valence-electron chi connectivity index (χ3n) is 4.69. The van der Waals surface area contributed by atoms with Gasteiger partial charge in [0.15, 0.2) is 11.3 Å². The summed E-state index contributed by atoms with van der Waals surface area (Å²) in [5, 5.41) is 37.4. The second-order valence-corrected chi connectivity index (χ2v) is 6.17. The average Bonchev–Trinajstić information content (AvgIpc) is 2.56. The van der Waals surface area contributed by atoms with Crippen LogP contribution in [-0.2, 0) is 4.79 Å². The van der Waals surface area contributed by atoms with E-state index >= 15 is 0 Å². The summed E-state index contributed by atoms with van der Waals surface area (Å²) in [6.45, 7) is 0. The topological polar surface area (TPSA) is 112 Å². The van der Waals surface area contributed by atoms with E-state index in [4.69, 9.17) is 10.5 Å². The van der Waals surface area contributed by atoms with Crippen molar-refractivity contribution in [1.82, 2.24) is 0 Å². The van der Waals surface area contributed by atoms with Gasteiger partial charge >= 0.3 is 0 Å². The average molecular weight is 310 g/mol. The fourth-order valence-corrected chi connectivity index (χ4v) is 3.27. The molecule has 0 bridgehead atoms. The van der Waals surface area contributed by atoms with Crippen molar-refractivity contribution in [3.8, 4) is 24.3 Å². The zero-order chi connectivity index (χ0) is 17.1. The summed E-state index contributed by atoms with van der Waals surface area (Å²) in [6, 6.07) is 7.19. The molecule has 1 atom stereocenters. The van der Waals surface area contributed by atoms with E-state index in [2.05, 4.69) is 0 Å². The predicted octanol–water partition coefficient (Wildman–Crippen LogP) is 3.78. The van der Waals surface area contributed by atoms with Crippen molar-refractivity contribution >= 4 is 5.78 Å². The highest BCUT2D eigenvalue weighted by molar-refractivity contribution is 5.83. The monoisotopic (exact) mass is 310 g/mol. The number of hydrogen-bond acceptors (Lipinski definition) is 5. The number of rotatable bonds is 2. The Morgan fingerprint density at radius 3 is 1.78 bits per heavy atom. The van der Waals surface area contributed by atoms with Crippen LogP contribution in [0, 0.1) is 62.6 Å². The van der Waals surface area contributed by atoms with Crippen molar-refractivity contribution in [3.05, 3.63) is 0 Å². The van der Waals surface area contributed by atoms with E-state index in [-0.39, 0.29) is 5.78 Å². The van der Waals surface area contributed by atoms with Crippen LogP contribution >= 0.6 is 0 Å². The molecular formula is C18H22N4O. The standard InChI is InChI=1S/C18H22N4O/c19-11-15(12-20)18(13-21,14-22)16-9-7-5-3-1-2-4-6-8-10-17(16)23/h15-16H,1-10H2. The molecule has 0 spiro atoms. The molecule has 0 aliphatic heterocycles. The van der Waals surface area contributed by atoms with Gasteiger partial charge in [0.25, 0.3) is 0 Å². The van der Waals surface area contributed by atoms with Gasteiger partial charge in [-0.25, -0.2) is 0 Å². The van der Waals surface area contributed by atoms with Gasteiger partial charge in [0.05, 0.1) is 30.2 Å². The molecule has 5 heteroatoms. The number of nitrogens with zero attached hydrogens (tertiary/aromatic N) is 4. The summed E-state index contributed by atoms with van der Waals surface area (Å²) in [5.41, 5.74) is -1.86.